The number of halogens is 1. The summed E-state index contributed by atoms with van der Waals surface area (Å²) >= 11 is 6.17. The fourth-order valence-corrected chi connectivity index (χ4v) is 4.63. The molecule has 0 unspecified atom stereocenters. The van der Waals surface area contributed by atoms with Crippen molar-refractivity contribution in [2.45, 2.75) is 56.8 Å². The lowest BCUT2D eigenvalue weighted by atomic mass is 9.78. The smallest absolute Gasteiger partial charge is 0.306 e. The number of rotatable bonds is 5. The Kier molecular flexibility index (Phi) is 5.67. The minimum absolute atomic E-state index is 0.0151. The molecule has 3 rings (SSSR count). The summed E-state index contributed by atoms with van der Waals surface area (Å²) in [5.74, 6) is -0.980. The lowest BCUT2D eigenvalue weighted by molar-refractivity contribution is -0.144. The summed E-state index contributed by atoms with van der Waals surface area (Å²) in [5, 5.41) is 13.0. The number of carbonyl (C=O) groups excluding carboxylic acids is 1. The van der Waals surface area contributed by atoms with Gasteiger partial charge in [-0.05, 0) is 56.2 Å². The van der Waals surface area contributed by atoms with Crippen LogP contribution in [0.15, 0.2) is 24.3 Å². The quantitative estimate of drug-likeness (QED) is 0.825. The second kappa shape index (κ2) is 7.77. The molecule has 1 amide bonds. The molecule has 0 spiro atoms. The van der Waals surface area contributed by atoms with Crippen LogP contribution in [0.2, 0.25) is 5.02 Å². The fourth-order valence-electron chi connectivity index (χ4n) is 4.44. The second-order valence-electron chi connectivity index (χ2n) is 7.60. The molecule has 0 aromatic heterocycles. The van der Waals surface area contributed by atoms with Crippen LogP contribution >= 0.6 is 11.6 Å². The lowest BCUT2D eigenvalue weighted by Crippen LogP contribution is -2.42. The molecule has 25 heavy (non-hydrogen) atoms. The number of nitrogens with one attached hydrogen (secondary N) is 1. The van der Waals surface area contributed by atoms with E-state index in [1.165, 1.54) is 18.4 Å². The molecule has 2 fully saturated rings. The van der Waals surface area contributed by atoms with Crippen molar-refractivity contribution in [3.8, 4) is 0 Å². The van der Waals surface area contributed by atoms with Crippen LogP contribution in [0.3, 0.4) is 0 Å². The highest BCUT2D eigenvalue weighted by Crippen LogP contribution is 2.41. The van der Waals surface area contributed by atoms with Gasteiger partial charge in [0.1, 0.15) is 0 Å². The number of aliphatic carboxylic acids is 1. The molecule has 1 aromatic carbocycles. The van der Waals surface area contributed by atoms with Crippen molar-refractivity contribution in [1.82, 2.24) is 5.32 Å². The molecule has 4 nitrogen and oxygen atoms in total. The fraction of sp³-hybridized carbons (Fsp3) is 0.600. The van der Waals surface area contributed by atoms with Crippen LogP contribution in [-0.4, -0.2) is 23.5 Å². The Balaban J connectivity index is 1.61. The Hall–Kier alpha value is -1.55. The summed E-state index contributed by atoms with van der Waals surface area (Å²) in [6, 6.07) is 8.00. The van der Waals surface area contributed by atoms with Crippen LogP contribution in [0.5, 0.6) is 0 Å². The molecular weight excluding hydrogens is 338 g/mol. The molecule has 2 N–H and O–H groups in total. The Morgan fingerprint density at radius 1 is 1.12 bits per heavy atom. The molecule has 0 aliphatic heterocycles. The van der Waals surface area contributed by atoms with E-state index in [1.54, 1.807) is 0 Å². The largest absolute Gasteiger partial charge is 0.481 e. The first-order chi connectivity index (χ1) is 12.0. The van der Waals surface area contributed by atoms with E-state index in [9.17, 15) is 9.59 Å². The molecule has 136 valence electrons. The van der Waals surface area contributed by atoms with Gasteiger partial charge in [-0.3, -0.25) is 9.59 Å². The van der Waals surface area contributed by atoms with Gasteiger partial charge in [0.15, 0.2) is 0 Å². The first kappa shape index (κ1) is 18.2. The third-order valence-electron chi connectivity index (χ3n) is 6.05. The van der Waals surface area contributed by atoms with Crippen molar-refractivity contribution in [3.63, 3.8) is 0 Å². The normalized spacial score (nSPS) is 25.5. The van der Waals surface area contributed by atoms with E-state index in [-0.39, 0.29) is 23.2 Å². The molecular formula is C20H26ClNO3. The maximum atomic E-state index is 12.6. The molecule has 0 bridgehead atoms. The van der Waals surface area contributed by atoms with Gasteiger partial charge in [0.2, 0.25) is 5.91 Å². The van der Waals surface area contributed by atoms with E-state index >= 15 is 0 Å². The number of carbonyl (C=O) groups is 2. The highest BCUT2D eigenvalue weighted by molar-refractivity contribution is 6.30. The van der Waals surface area contributed by atoms with Crippen molar-refractivity contribution >= 4 is 23.5 Å². The maximum absolute atomic E-state index is 12.6. The summed E-state index contributed by atoms with van der Waals surface area (Å²) in [4.78, 5) is 23.6. The minimum Gasteiger partial charge on any atom is -0.481 e. The van der Waals surface area contributed by atoms with Gasteiger partial charge in [0.05, 0.1) is 5.92 Å². The van der Waals surface area contributed by atoms with Gasteiger partial charge in [0.25, 0.3) is 0 Å². The van der Waals surface area contributed by atoms with E-state index in [0.29, 0.717) is 32.2 Å². The van der Waals surface area contributed by atoms with Crippen LogP contribution < -0.4 is 5.32 Å². The topological polar surface area (TPSA) is 66.4 Å². The summed E-state index contributed by atoms with van der Waals surface area (Å²) in [6.07, 6.45) is 7.04. The summed E-state index contributed by atoms with van der Waals surface area (Å²) in [5.41, 5.74) is 1.20. The molecule has 0 saturated heterocycles. The highest BCUT2D eigenvalue weighted by Gasteiger charge is 2.37. The highest BCUT2D eigenvalue weighted by atomic mass is 35.5. The first-order valence-electron chi connectivity index (χ1n) is 9.27. The van der Waals surface area contributed by atoms with Gasteiger partial charge in [-0.15, -0.1) is 0 Å². The Labute approximate surface area is 153 Å². The number of hydrogen-bond donors (Lipinski definition) is 2. The van der Waals surface area contributed by atoms with E-state index in [2.05, 4.69) is 11.4 Å². The van der Waals surface area contributed by atoms with Crippen LogP contribution in [0, 0.1) is 11.8 Å². The lowest BCUT2D eigenvalue weighted by Gasteiger charge is -2.32. The molecule has 0 heterocycles. The van der Waals surface area contributed by atoms with E-state index in [4.69, 9.17) is 16.7 Å². The predicted octanol–water partition coefficient (Wildman–Crippen LogP) is 4.16. The molecule has 2 saturated carbocycles. The molecule has 1 aromatic rings. The average Bonchev–Trinajstić information content (AvgIpc) is 3.10. The number of carboxylic acid groups (broad SMARTS) is 1. The van der Waals surface area contributed by atoms with Gasteiger partial charge in [-0.1, -0.05) is 36.6 Å². The first-order valence-corrected chi connectivity index (χ1v) is 9.64. The number of carboxylic acids is 1. The number of benzene rings is 1. The van der Waals surface area contributed by atoms with Crippen LogP contribution in [0.25, 0.3) is 0 Å². The molecule has 0 atom stereocenters. The number of amides is 1. The van der Waals surface area contributed by atoms with Gasteiger partial charge in [-0.25, -0.2) is 0 Å². The Morgan fingerprint density at radius 3 is 2.36 bits per heavy atom. The van der Waals surface area contributed by atoms with Crippen LogP contribution in [0.4, 0.5) is 0 Å². The van der Waals surface area contributed by atoms with Crippen molar-refractivity contribution < 1.29 is 14.7 Å². The molecule has 5 heteroatoms. The molecule has 0 radical (unpaired) electrons. The predicted molar refractivity (Wildman–Crippen MR) is 97.7 cm³/mol. The van der Waals surface area contributed by atoms with Crippen LogP contribution in [-0.2, 0) is 15.0 Å². The van der Waals surface area contributed by atoms with Gasteiger partial charge in [0, 0.05) is 22.9 Å². The van der Waals surface area contributed by atoms with Crippen molar-refractivity contribution in [1.29, 1.82) is 0 Å². The van der Waals surface area contributed by atoms with Gasteiger partial charge < -0.3 is 10.4 Å². The van der Waals surface area contributed by atoms with Gasteiger partial charge in [-0.2, -0.15) is 0 Å². The Morgan fingerprint density at radius 2 is 1.76 bits per heavy atom. The number of hydrogen-bond acceptors (Lipinski definition) is 2. The van der Waals surface area contributed by atoms with Crippen molar-refractivity contribution in [3.05, 3.63) is 34.9 Å². The van der Waals surface area contributed by atoms with E-state index in [0.717, 1.165) is 17.9 Å². The van der Waals surface area contributed by atoms with E-state index in [1.807, 2.05) is 18.2 Å². The third kappa shape index (κ3) is 4.17. The minimum atomic E-state index is -0.732. The van der Waals surface area contributed by atoms with E-state index < -0.39 is 5.97 Å². The van der Waals surface area contributed by atoms with Crippen molar-refractivity contribution in [2.24, 2.45) is 11.8 Å². The third-order valence-corrected chi connectivity index (χ3v) is 6.28. The van der Waals surface area contributed by atoms with Crippen LogP contribution in [0.1, 0.15) is 56.9 Å². The zero-order chi connectivity index (χ0) is 17.9. The average molecular weight is 364 g/mol. The standard InChI is InChI=1S/C20H26ClNO3/c21-17-5-3-4-16(12-17)20(10-1-2-11-20)13-22-18(23)14-6-8-15(9-7-14)19(24)25/h3-5,12,14-15H,1-2,6-11,13H2,(H,22,23)(H,24,25). The monoisotopic (exact) mass is 363 g/mol. The maximum Gasteiger partial charge on any atom is 0.306 e. The zero-order valence-electron chi connectivity index (χ0n) is 14.5. The SMILES string of the molecule is O=C(O)C1CCC(C(=O)NCC2(c3cccc(Cl)c3)CCCC2)CC1. The second-order valence-corrected chi connectivity index (χ2v) is 8.04. The molecule has 2 aliphatic rings. The summed E-state index contributed by atoms with van der Waals surface area (Å²) in [7, 11) is 0. The van der Waals surface area contributed by atoms with Gasteiger partial charge >= 0.3 is 5.97 Å². The molecule has 2 aliphatic carbocycles. The summed E-state index contributed by atoms with van der Waals surface area (Å²) < 4.78 is 0. The zero-order valence-corrected chi connectivity index (χ0v) is 15.2. The van der Waals surface area contributed by atoms with Crippen molar-refractivity contribution in [2.75, 3.05) is 6.54 Å². The summed E-state index contributed by atoms with van der Waals surface area (Å²) in [6.45, 7) is 0.644. The Bertz CT molecular complexity index is 632.